The lowest BCUT2D eigenvalue weighted by atomic mass is 9.92. The average molecular weight is 443 g/mol. The maximum Gasteiger partial charge on any atom is 0.243 e. The summed E-state index contributed by atoms with van der Waals surface area (Å²) < 4.78 is 33.2. The van der Waals surface area contributed by atoms with Crippen LogP contribution >= 0.6 is 0 Å². The van der Waals surface area contributed by atoms with Gasteiger partial charge in [0.05, 0.1) is 17.7 Å². The monoisotopic (exact) mass is 442 g/mol. The number of carbonyl (C=O) groups is 1. The van der Waals surface area contributed by atoms with Crippen molar-refractivity contribution in [1.82, 2.24) is 4.31 Å². The number of anilines is 1. The number of piperidine rings is 1. The number of nitrogens with one attached hydrogen (secondary N) is 1. The lowest BCUT2D eigenvalue weighted by molar-refractivity contribution is -0.120. The minimum absolute atomic E-state index is 0.0882. The van der Waals surface area contributed by atoms with E-state index in [9.17, 15) is 13.2 Å². The van der Waals surface area contributed by atoms with Crippen LogP contribution in [0, 0.1) is 12.8 Å². The largest absolute Gasteiger partial charge is 0.495 e. The number of methoxy groups -OCH3 is 1. The highest BCUT2D eigenvalue weighted by atomic mass is 32.2. The number of ether oxygens (including phenoxy) is 1. The van der Waals surface area contributed by atoms with Gasteiger partial charge in [-0.2, -0.15) is 4.31 Å². The van der Waals surface area contributed by atoms with Crippen molar-refractivity contribution >= 4 is 21.6 Å². The van der Waals surface area contributed by atoms with Gasteiger partial charge in [-0.25, -0.2) is 8.42 Å². The van der Waals surface area contributed by atoms with Gasteiger partial charge in [-0.1, -0.05) is 12.1 Å². The molecule has 0 radical (unpaired) electrons. The highest BCUT2D eigenvalue weighted by Gasteiger charge is 2.32. The fourth-order valence-electron chi connectivity index (χ4n) is 4.53. The summed E-state index contributed by atoms with van der Waals surface area (Å²) in [6.45, 7) is 2.66. The minimum atomic E-state index is -3.54. The molecule has 6 nitrogen and oxygen atoms in total. The molecule has 4 rings (SSSR count). The summed E-state index contributed by atoms with van der Waals surface area (Å²) >= 11 is 0. The van der Waals surface area contributed by atoms with E-state index in [1.807, 2.05) is 37.3 Å². The molecule has 1 saturated heterocycles. The zero-order valence-electron chi connectivity index (χ0n) is 18.2. The summed E-state index contributed by atoms with van der Waals surface area (Å²) in [6.07, 6.45) is 5.27. The number of aryl methyl sites for hydroxylation is 3. The van der Waals surface area contributed by atoms with Crippen LogP contribution in [0.1, 0.15) is 42.4 Å². The van der Waals surface area contributed by atoms with Gasteiger partial charge in [0.25, 0.3) is 0 Å². The topological polar surface area (TPSA) is 75.7 Å². The van der Waals surface area contributed by atoms with Crippen LogP contribution in [0.25, 0.3) is 0 Å². The summed E-state index contributed by atoms with van der Waals surface area (Å²) in [5, 5.41) is 2.96. The predicted molar refractivity (Wildman–Crippen MR) is 121 cm³/mol. The summed E-state index contributed by atoms with van der Waals surface area (Å²) in [5.41, 5.74) is 4.11. The van der Waals surface area contributed by atoms with E-state index in [2.05, 4.69) is 5.32 Å². The molecule has 7 heteroatoms. The molecular weight excluding hydrogens is 412 g/mol. The Labute approximate surface area is 184 Å². The first-order chi connectivity index (χ1) is 14.9. The van der Waals surface area contributed by atoms with Gasteiger partial charge in [-0.3, -0.25) is 4.79 Å². The number of fused-ring (bicyclic) bond motifs is 1. The smallest absolute Gasteiger partial charge is 0.243 e. The first kappa shape index (κ1) is 21.8. The molecule has 0 saturated carbocycles. The Morgan fingerprint density at radius 2 is 1.74 bits per heavy atom. The van der Waals surface area contributed by atoms with Crippen molar-refractivity contribution in [2.75, 3.05) is 25.5 Å². The normalized spacial score (nSPS) is 17.7. The van der Waals surface area contributed by atoms with Gasteiger partial charge >= 0.3 is 0 Å². The van der Waals surface area contributed by atoms with Crippen molar-refractivity contribution in [3.8, 4) is 5.75 Å². The molecular formula is C24H30N2O4S. The van der Waals surface area contributed by atoms with Gasteiger partial charge in [-0.15, -0.1) is 0 Å². The maximum absolute atomic E-state index is 13.2. The van der Waals surface area contributed by atoms with Gasteiger partial charge < -0.3 is 10.1 Å². The Hall–Kier alpha value is -2.38. The number of amides is 1. The van der Waals surface area contributed by atoms with Crippen molar-refractivity contribution in [3.63, 3.8) is 0 Å². The van der Waals surface area contributed by atoms with Gasteiger partial charge in [0.2, 0.25) is 15.9 Å². The van der Waals surface area contributed by atoms with Crippen molar-refractivity contribution in [2.45, 2.75) is 50.3 Å². The van der Waals surface area contributed by atoms with Crippen molar-refractivity contribution in [3.05, 3.63) is 53.1 Å². The molecule has 2 aromatic rings. The first-order valence-corrected chi connectivity index (χ1v) is 12.4. The number of rotatable bonds is 5. The van der Waals surface area contributed by atoms with E-state index in [1.165, 1.54) is 16.3 Å². The van der Waals surface area contributed by atoms with Crippen molar-refractivity contribution in [2.24, 2.45) is 5.92 Å². The lowest BCUT2D eigenvalue weighted by Crippen LogP contribution is -2.41. The average Bonchev–Trinajstić information content (AvgIpc) is 2.79. The SMILES string of the molecule is COc1ccc(C)cc1NC(=O)C1CCN(S(=O)(=O)c2ccc3c(c2)CCCC3)CC1. The van der Waals surface area contributed by atoms with Crippen LogP contribution < -0.4 is 10.1 Å². The highest BCUT2D eigenvalue weighted by Crippen LogP contribution is 2.30. The molecule has 1 fully saturated rings. The van der Waals surface area contributed by atoms with Crippen LogP contribution in [0.4, 0.5) is 5.69 Å². The quantitative estimate of drug-likeness (QED) is 0.762. The van der Waals surface area contributed by atoms with E-state index in [1.54, 1.807) is 13.2 Å². The van der Waals surface area contributed by atoms with E-state index >= 15 is 0 Å². The Morgan fingerprint density at radius 3 is 2.45 bits per heavy atom. The number of hydrogen-bond donors (Lipinski definition) is 1. The van der Waals surface area contributed by atoms with E-state index in [4.69, 9.17) is 4.74 Å². The summed E-state index contributed by atoms with van der Waals surface area (Å²) in [6, 6.07) is 11.2. The van der Waals surface area contributed by atoms with Gasteiger partial charge in [0, 0.05) is 19.0 Å². The van der Waals surface area contributed by atoms with Crippen LogP contribution in [-0.4, -0.2) is 38.8 Å². The zero-order chi connectivity index (χ0) is 22.0. The van der Waals surface area contributed by atoms with E-state index in [-0.39, 0.29) is 11.8 Å². The Balaban J connectivity index is 1.41. The number of nitrogens with zero attached hydrogens (tertiary/aromatic N) is 1. The first-order valence-electron chi connectivity index (χ1n) is 11.0. The molecule has 31 heavy (non-hydrogen) atoms. The molecule has 2 aromatic carbocycles. The Morgan fingerprint density at radius 1 is 1.03 bits per heavy atom. The van der Waals surface area contributed by atoms with Crippen LogP contribution in [-0.2, 0) is 27.7 Å². The lowest BCUT2D eigenvalue weighted by Gasteiger charge is -2.31. The van der Waals surface area contributed by atoms with Gasteiger partial charge in [0.1, 0.15) is 5.75 Å². The van der Waals surface area contributed by atoms with E-state index in [0.29, 0.717) is 42.3 Å². The van der Waals surface area contributed by atoms with Crippen LogP contribution in [0.2, 0.25) is 0 Å². The van der Waals surface area contributed by atoms with Crippen molar-refractivity contribution in [1.29, 1.82) is 0 Å². The predicted octanol–water partition coefficient (Wildman–Crippen LogP) is 3.92. The fraction of sp³-hybridized carbons (Fsp3) is 0.458. The number of sulfonamides is 1. The molecule has 2 aliphatic rings. The summed E-state index contributed by atoms with van der Waals surface area (Å²) in [7, 11) is -1.96. The molecule has 1 aliphatic carbocycles. The Bertz CT molecular complexity index is 1070. The molecule has 0 aromatic heterocycles. The van der Waals surface area contributed by atoms with Crippen LogP contribution in [0.5, 0.6) is 5.75 Å². The molecule has 1 N–H and O–H groups in total. The Kier molecular flexibility index (Phi) is 6.34. The molecule has 0 unspecified atom stereocenters. The van der Waals surface area contributed by atoms with Crippen LogP contribution in [0.3, 0.4) is 0 Å². The second-order valence-electron chi connectivity index (χ2n) is 8.51. The third-order valence-corrected chi connectivity index (χ3v) is 8.29. The highest BCUT2D eigenvalue weighted by molar-refractivity contribution is 7.89. The maximum atomic E-state index is 13.2. The van der Waals surface area contributed by atoms with Gasteiger partial charge in [0.15, 0.2) is 0 Å². The van der Waals surface area contributed by atoms with Gasteiger partial charge in [-0.05, 0) is 86.4 Å². The van der Waals surface area contributed by atoms with E-state index < -0.39 is 10.0 Å². The van der Waals surface area contributed by atoms with Crippen LogP contribution in [0.15, 0.2) is 41.3 Å². The zero-order valence-corrected chi connectivity index (χ0v) is 19.0. The second kappa shape index (κ2) is 9.01. The molecule has 166 valence electrons. The molecule has 1 aliphatic heterocycles. The fourth-order valence-corrected chi connectivity index (χ4v) is 6.05. The summed E-state index contributed by atoms with van der Waals surface area (Å²) in [5.74, 6) is 0.307. The molecule has 0 bridgehead atoms. The minimum Gasteiger partial charge on any atom is -0.495 e. The standard InChI is InChI=1S/C24H30N2O4S/c1-17-7-10-23(30-2)22(15-17)25-24(27)19-11-13-26(14-12-19)31(28,29)21-9-8-18-5-3-4-6-20(18)16-21/h7-10,15-16,19H,3-6,11-14H2,1-2H3,(H,25,27). The molecule has 0 atom stereocenters. The molecule has 1 heterocycles. The number of carbonyl (C=O) groups excluding carboxylic acids is 1. The molecule has 0 spiro atoms. The second-order valence-corrected chi connectivity index (χ2v) is 10.4. The molecule has 1 amide bonds. The third kappa shape index (κ3) is 4.62. The third-order valence-electron chi connectivity index (χ3n) is 6.40. The summed E-state index contributed by atoms with van der Waals surface area (Å²) in [4.78, 5) is 13.2. The number of benzene rings is 2. The van der Waals surface area contributed by atoms with Crippen molar-refractivity contribution < 1.29 is 17.9 Å². The number of hydrogen-bond acceptors (Lipinski definition) is 4. The van der Waals surface area contributed by atoms with E-state index in [0.717, 1.165) is 30.4 Å².